The van der Waals surface area contributed by atoms with Crippen molar-refractivity contribution < 1.29 is 4.92 Å². The van der Waals surface area contributed by atoms with Crippen molar-refractivity contribution in [1.29, 1.82) is 0 Å². The van der Waals surface area contributed by atoms with Crippen molar-refractivity contribution in [3.8, 4) is 0 Å². The summed E-state index contributed by atoms with van der Waals surface area (Å²) >= 11 is 5.94. The molecule has 5 nitrogen and oxygen atoms in total. The van der Waals surface area contributed by atoms with E-state index in [4.69, 9.17) is 11.6 Å². The van der Waals surface area contributed by atoms with Crippen molar-refractivity contribution in [1.82, 2.24) is 9.88 Å². The Morgan fingerprint density at radius 1 is 1.38 bits per heavy atom. The molecule has 0 spiro atoms. The normalized spacial score (nSPS) is 14.3. The number of nitro groups is 1. The first-order valence-corrected chi connectivity index (χ1v) is 7.30. The molecule has 0 aliphatic heterocycles. The number of aromatic nitrogens is 1. The lowest BCUT2D eigenvalue weighted by molar-refractivity contribution is -0.385. The number of nitro benzene ring substituents is 1. The first kappa shape index (κ1) is 14.1. The zero-order chi connectivity index (χ0) is 14.8. The van der Waals surface area contributed by atoms with Crippen LogP contribution in [0.15, 0.2) is 36.7 Å². The largest absolute Gasteiger partial charge is 0.349 e. The standard InChI is InChI=1S/C15H16ClN3O2/c16-13-1-4-15(19(20)21)12(7-13)10-18-6-5-11(9-18)8-17-14-2-3-14/h1,4-7,9,14,17H,2-3,8,10H2. The molecule has 1 aromatic heterocycles. The van der Waals surface area contributed by atoms with E-state index in [0.717, 1.165) is 6.54 Å². The predicted molar refractivity (Wildman–Crippen MR) is 81.5 cm³/mol. The van der Waals surface area contributed by atoms with Crippen LogP contribution in [0.25, 0.3) is 0 Å². The molecule has 1 aliphatic rings. The molecule has 0 radical (unpaired) electrons. The maximum atomic E-state index is 11.1. The highest BCUT2D eigenvalue weighted by Gasteiger charge is 2.20. The number of benzene rings is 1. The fourth-order valence-electron chi connectivity index (χ4n) is 2.30. The van der Waals surface area contributed by atoms with Gasteiger partial charge in [-0.1, -0.05) is 11.6 Å². The van der Waals surface area contributed by atoms with E-state index in [9.17, 15) is 10.1 Å². The van der Waals surface area contributed by atoms with Gasteiger partial charge in [0.15, 0.2) is 0 Å². The van der Waals surface area contributed by atoms with Crippen LogP contribution in [-0.4, -0.2) is 15.5 Å². The van der Waals surface area contributed by atoms with Crippen molar-refractivity contribution in [2.24, 2.45) is 0 Å². The van der Waals surface area contributed by atoms with Crippen molar-refractivity contribution in [2.75, 3.05) is 0 Å². The molecule has 1 aliphatic carbocycles. The molecule has 110 valence electrons. The summed E-state index contributed by atoms with van der Waals surface area (Å²) < 4.78 is 1.95. The van der Waals surface area contributed by atoms with Crippen LogP contribution in [0.4, 0.5) is 5.69 Å². The number of rotatable bonds is 6. The van der Waals surface area contributed by atoms with Gasteiger partial charge in [0.05, 0.1) is 17.0 Å². The van der Waals surface area contributed by atoms with Crippen LogP contribution in [0, 0.1) is 10.1 Å². The van der Waals surface area contributed by atoms with E-state index >= 15 is 0 Å². The first-order chi connectivity index (χ1) is 10.1. The third-order valence-electron chi connectivity index (χ3n) is 3.58. The Bertz CT molecular complexity index is 665. The Balaban J connectivity index is 1.73. The van der Waals surface area contributed by atoms with Gasteiger partial charge in [-0.3, -0.25) is 10.1 Å². The number of hydrogen-bond acceptors (Lipinski definition) is 3. The molecule has 6 heteroatoms. The Labute approximate surface area is 127 Å². The van der Waals surface area contributed by atoms with Gasteiger partial charge in [-0.2, -0.15) is 0 Å². The van der Waals surface area contributed by atoms with Crippen molar-refractivity contribution in [3.05, 3.63) is 62.9 Å². The van der Waals surface area contributed by atoms with Gasteiger partial charge in [0.25, 0.3) is 5.69 Å². The third-order valence-corrected chi connectivity index (χ3v) is 3.81. The number of nitrogens with zero attached hydrogens (tertiary/aromatic N) is 2. The maximum Gasteiger partial charge on any atom is 0.274 e. The number of hydrogen-bond donors (Lipinski definition) is 1. The number of nitrogens with one attached hydrogen (secondary N) is 1. The summed E-state index contributed by atoms with van der Waals surface area (Å²) in [5.74, 6) is 0. The molecule has 0 amide bonds. The van der Waals surface area contributed by atoms with E-state index < -0.39 is 0 Å². The van der Waals surface area contributed by atoms with E-state index in [1.807, 2.05) is 23.0 Å². The second kappa shape index (κ2) is 5.87. The van der Waals surface area contributed by atoms with Gasteiger partial charge in [0, 0.05) is 36.1 Å². The second-order valence-electron chi connectivity index (χ2n) is 5.38. The molecule has 3 rings (SSSR count). The second-order valence-corrected chi connectivity index (χ2v) is 5.81. The molecule has 1 N–H and O–H groups in total. The van der Waals surface area contributed by atoms with Gasteiger partial charge in [-0.05, 0) is 36.6 Å². The zero-order valence-electron chi connectivity index (χ0n) is 11.5. The molecule has 0 saturated heterocycles. The molecular formula is C15H16ClN3O2. The molecule has 0 unspecified atom stereocenters. The lowest BCUT2D eigenvalue weighted by Crippen LogP contribution is -2.14. The van der Waals surface area contributed by atoms with Crippen molar-refractivity contribution in [2.45, 2.75) is 32.0 Å². The maximum absolute atomic E-state index is 11.1. The molecular weight excluding hydrogens is 290 g/mol. The van der Waals surface area contributed by atoms with Crippen LogP contribution in [0.1, 0.15) is 24.0 Å². The minimum Gasteiger partial charge on any atom is -0.349 e. The quantitative estimate of drug-likeness (QED) is 0.657. The minimum absolute atomic E-state index is 0.103. The third kappa shape index (κ3) is 3.62. The summed E-state index contributed by atoms with van der Waals surface area (Å²) in [5, 5.41) is 15.0. The average molecular weight is 306 g/mol. The molecule has 1 heterocycles. The highest BCUT2D eigenvalue weighted by atomic mass is 35.5. The highest BCUT2D eigenvalue weighted by molar-refractivity contribution is 6.30. The van der Waals surface area contributed by atoms with Gasteiger partial charge in [-0.15, -0.1) is 0 Å². The Morgan fingerprint density at radius 2 is 2.19 bits per heavy atom. The summed E-state index contributed by atoms with van der Waals surface area (Å²) in [7, 11) is 0. The van der Waals surface area contributed by atoms with Crippen LogP contribution < -0.4 is 5.32 Å². The van der Waals surface area contributed by atoms with Crippen LogP contribution in [-0.2, 0) is 13.1 Å². The zero-order valence-corrected chi connectivity index (χ0v) is 12.2. The molecule has 1 aromatic carbocycles. The Morgan fingerprint density at radius 3 is 2.90 bits per heavy atom. The van der Waals surface area contributed by atoms with E-state index in [1.54, 1.807) is 12.1 Å². The van der Waals surface area contributed by atoms with E-state index in [0.29, 0.717) is 23.2 Å². The van der Waals surface area contributed by atoms with E-state index in [-0.39, 0.29) is 10.6 Å². The number of halogens is 1. The van der Waals surface area contributed by atoms with Crippen LogP contribution >= 0.6 is 11.6 Å². The van der Waals surface area contributed by atoms with Gasteiger partial charge < -0.3 is 9.88 Å². The predicted octanol–water partition coefficient (Wildman–Crippen LogP) is 3.35. The van der Waals surface area contributed by atoms with E-state index in [2.05, 4.69) is 5.32 Å². The molecule has 21 heavy (non-hydrogen) atoms. The Hall–Kier alpha value is -1.85. The lowest BCUT2D eigenvalue weighted by Gasteiger charge is -2.05. The fraction of sp³-hybridized carbons (Fsp3) is 0.333. The van der Waals surface area contributed by atoms with Gasteiger partial charge in [-0.25, -0.2) is 0 Å². The SMILES string of the molecule is O=[N+]([O-])c1ccc(Cl)cc1Cn1ccc(CNC2CC2)c1. The van der Waals surface area contributed by atoms with Crippen molar-refractivity contribution >= 4 is 17.3 Å². The van der Waals surface area contributed by atoms with Crippen LogP contribution in [0.3, 0.4) is 0 Å². The van der Waals surface area contributed by atoms with Crippen molar-refractivity contribution in [3.63, 3.8) is 0 Å². The molecule has 0 atom stereocenters. The van der Waals surface area contributed by atoms with E-state index in [1.165, 1.54) is 24.5 Å². The summed E-state index contributed by atoms with van der Waals surface area (Å²) in [6.45, 7) is 1.29. The molecule has 2 aromatic rings. The topological polar surface area (TPSA) is 60.1 Å². The summed E-state index contributed by atoms with van der Waals surface area (Å²) in [6.07, 6.45) is 6.47. The first-order valence-electron chi connectivity index (χ1n) is 6.92. The van der Waals surface area contributed by atoms with Gasteiger partial charge in [0.1, 0.15) is 0 Å². The smallest absolute Gasteiger partial charge is 0.274 e. The lowest BCUT2D eigenvalue weighted by atomic mass is 10.2. The minimum atomic E-state index is -0.370. The average Bonchev–Trinajstić information content (AvgIpc) is 3.16. The van der Waals surface area contributed by atoms with Gasteiger partial charge >= 0.3 is 0 Å². The van der Waals surface area contributed by atoms with Crippen LogP contribution in [0.5, 0.6) is 0 Å². The molecule has 1 fully saturated rings. The summed E-state index contributed by atoms with van der Waals surface area (Å²) in [5.41, 5.74) is 1.90. The van der Waals surface area contributed by atoms with Gasteiger partial charge in [0.2, 0.25) is 0 Å². The summed E-state index contributed by atoms with van der Waals surface area (Å²) in [6, 6.07) is 7.36. The molecule has 1 saturated carbocycles. The monoisotopic (exact) mass is 305 g/mol. The highest BCUT2D eigenvalue weighted by Crippen LogP contribution is 2.24. The fourth-order valence-corrected chi connectivity index (χ4v) is 2.49. The molecule has 0 bridgehead atoms. The van der Waals surface area contributed by atoms with Crippen LogP contribution in [0.2, 0.25) is 5.02 Å². The Kier molecular flexibility index (Phi) is 3.94. The summed E-state index contributed by atoms with van der Waals surface area (Å²) in [4.78, 5) is 10.7.